The lowest BCUT2D eigenvalue weighted by Crippen LogP contribution is -2.17. The van der Waals surface area contributed by atoms with Crippen molar-refractivity contribution in [2.75, 3.05) is 0 Å². The molecule has 148 valence electrons. The lowest BCUT2D eigenvalue weighted by molar-refractivity contribution is -0.0498. The molecule has 0 radical (unpaired) electrons. The quantitative estimate of drug-likeness (QED) is 0.512. The molecule has 0 N–H and O–H groups in total. The van der Waals surface area contributed by atoms with Crippen LogP contribution in [0.4, 0.5) is 8.78 Å². The Labute approximate surface area is 163 Å². The second-order valence-corrected chi connectivity index (χ2v) is 6.46. The fourth-order valence-corrected chi connectivity index (χ4v) is 3.01. The first kappa shape index (κ1) is 21.4. The molecule has 2 rings (SSSR count). The molecule has 2 aromatic rings. The summed E-state index contributed by atoms with van der Waals surface area (Å²) in [5, 5.41) is 0.285. The Hall–Kier alpha value is -1.95. The number of halogens is 3. The van der Waals surface area contributed by atoms with Crippen molar-refractivity contribution in [2.45, 2.75) is 66.1 Å². The molecular weight excluding hydrogens is 374 g/mol. The number of ether oxygens (including phenoxy) is 2. The highest BCUT2D eigenvalue weighted by atomic mass is 35.5. The van der Waals surface area contributed by atoms with E-state index in [0.29, 0.717) is 30.0 Å². The van der Waals surface area contributed by atoms with Gasteiger partial charge in [0.1, 0.15) is 11.4 Å². The molecule has 1 aromatic heterocycles. The fraction of sp³-hybridized carbons (Fsp3) is 0.500. The van der Waals surface area contributed by atoms with Crippen molar-refractivity contribution in [3.8, 4) is 22.9 Å². The topological polar surface area (TPSA) is 44.2 Å². The number of rotatable bonds is 9. The van der Waals surface area contributed by atoms with Crippen LogP contribution in [-0.2, 0) is 12.8 Å². The normalized spacial score (nSPS) is 11.3. The molecular formula is C20H25ClF2N2O2. The summed E-state index contributed by atoms with van der Waals surface area (Å²) in [4.78, 5) is 9.44. The van der Waals surface area contributed by atoms with Crippen molar-refractivity contribution in [3.05, 3.63) is 34.6 Å². The number of alkyl halides is 2. The van der Waals surface area contributed by atoms with Gasteiger partial charge in [0.05, 0.1) is 22.5 Å². The second-order valence-electron chi connectivity index (χ2n) is 6.05. The number of nitrogens with zero attached hydrogens (tertiary/aromatic N) is 2. The zero-order valence-corrected chi connectivity index (χ0v) is 16.8. The Bertz CT molecular complexity index is 768. The SMILES string of the molecule is CCc1nc(-c2ccc(OC(F)F)cc2Cl)c(CC)nc1OC(CC)CC. The van der Waals surface area contributed by atoms with Crippen LogP contribution in [-0.4, -0.2) is 22.7 Å². The maximum atomic E-state index is 12.4. The van der Waals surface area contributed by atoms with Gasteiger partial charge in [-0.05, 0) is 43.9 Å². The average Bonchev–Trinajstić information content (AvgIpc) is 2.65. The highest BCUT2D eigenvalue weighted by Crippen LogP contribution is 2.34. The first-order valence-corrected chi connectivity index (χ1v) is 9.62. The molecule has 0 fully saturated rings. The van der Waals surface area contributed by atoms with Gasteiger partial charge >= 0.3 is 6.61 Å². The van der Waals surface area contributed by atoms with Gasteiger partial charge in [0.15, 0.2) is 0 Å². The number of aromatic nitrogens is 2. The van der Waals surface area contributed by atoms with Crippen molar-refractivity contribution < 1.29 is 18.3 Å². The largest absolute Gasteiger partial charge is 0.473 e. The van der Waals surface area contributed by atoms with E-state index in [1.54, 1.807) is 6.07 Å². The van der Waals surface area contributed by atoms with E-state index in [1.807, 2.05) is 13.8 Å². The predicted octanol–water partition coefficient (Wildman–Crippen LogP) is 6.09. The molecule has 27 heavy (non-hydrogen) atoms. The van der Waals surface area contributed by atoms with Crippen molar-refractivity contribution in [3.63, 3.8) is 0 Å². The molecule has 0 saturated heterocycles. The summed E-state index contributed by atoms with van der Waals surface area (Å²) >= 11 is 6.32. The number of aryl methyl sites for hydroxylation is 2. The standard InChI is InChI=1S/C20H25ClF2N2O2/c1-5-12(6-2)26-19-17(8-4)24-18(16(7-3)25-19)14-10-9-13(11-15(14)21)27-20(22)23/h9-12,20H,5-8H2,1-4H3. The van der Waals surface area contributed by atoms with Crippen LogP contribution in [0.15, 0.2) is 18.2 Å². The van der Waals surface area contributed by atoms with Crippen LogP contribution in [0, 0.1) is 0 Å². The van der Waals surface area contributed by atoms with E-state index in [9.17, 15) is 8.78 Å². The third-order valence-electron chi connectivity index (χ3n) is 4.28. The van der Waals surface area contributed by atoms with Crippen molar-refractivity contribution in [1.82, 2.24) is 9.97 Å². The third kappa shape index (κ3) is 5.28. The first-order chi connectivity index (χ1) is 12.9. The van der Waals surface area contributed by atoms with E-state index >= 15 is 0 Å². The van der Waals surface area contributed by atoms with Gasteiger partial charge in [-0.2, -0.15) is 8.78 Å². The zero-order chi connectivity index (χ0) is 20.0. The maximum Gasteiger partial charge on any atom is 0.387 e. The van der Waals surface area contributed by atoms with Crippen molar-refractivity contribution in [1.29, 1.82) is 0 Å². The molecule has 0 aliphatic heterocycles. The summed E-state index contributed by atoms with van der Waals surface area (Å²) in [7, 11) is 0. The zero-order valence-electron chi connectivity index (χ0n) is 16.1. The molecule has 1 aromatic carbocycles. The Balaban J connectivity index is 2.47. The van der Waals surface area contributed by atoms with Gasteiger partial charge in [0.2, 0.25) is 5.88 Å². The van der Waals surface area contributed by atoms with Gasteiger partial charge in [-0.15, -0.1) is 0 Å². The van der Waals surface area contributed by atoms with E-state index in [4.69, 9.17) is 26.3 Å². The van der Waals surface area contributed by atoms with E-state index < -0.39 is 6.61 Å². The van der Waals surface area contributed by atoms with Gasteiger partial charge in [0, 0.05) is 5.56 Å². The Morgan fingerprint density at radius 3 is 2.15 bits per heavy atom. The summed E-state index contributed by atoms with van der Waals surface area (Å²) in [6, 6.07) is 4.45. The van der Waals surface area contributed by atoms with Crippen LogP contribution in [0.2, 0.25) is 5.02 Å². The lowest BCUT2D eigenvalue weighted by Gasteiger charge is -2.19. The molecule has 0 bridgehead atoms. The predicted molar refractivity (Wildman–Crippen MR) is 103 cm³/mol. The molecule has 0 saturated carbocycles. The number of hydrogen-bond donors (Lipinski definition) is 0. The monoisotopic (exact) mass is 398 g/mol. The van der Waals surface area contributed by atoms with Crippen molar-refractivity contribution in [2.24, 2.45) is 0 Å². The Morgan fingerprint density at radius 2 is 1.63 bits per heavy atom. The second kappa shape index (κ2) is 9.83. The van der Waals surface area contributed by atoms with Gasteiger partial charge in [-0.3, -0.25) is 0 Å². The molecule has 0 aliphatic carbocycles. The number of benzene rings is 1. The van der Waals surface area contributed by atoms with E-state index in [-0.39, 0.29) is 16.9 Å². The highest BCUT2D eigenvalue weighted by molar-refractivity contribution is 6.33. The van der Waals surface area contributed by atoms with Crippen LogP contribution in [0.5, 0.6) is 11.6 Å². The van der Waals surface area contributed by atoms with Crippen molar-refractivity contribution >= 4 is 11.6 Å². The summed E-state index contributed by atoms with van der Waals surface area (Å²) in [6.07, 6.45) is 3.17. The highest BCUT2D eigenvalue weighted by Gasteiger charge is 2.19. The fourth-order valence-electron chi connectivity index (χ4n) is 2.75. The molecule has 0 atom stereocenters. The molecule has 0 spiro atoms. The van der Waals surface area contributed by atoms with Gasteiger partial charge < -0.3 is 9.47 Å². The van der Waals surface area contributed by atoms with Crippen LogP contribution in [0.1, 0.15) is 51.9 Å². The average molecular weight is 399 g/mol. The molecule has 0 amide bonds. The molecule has 0 aliphatic rings. The minimum absolute atomic E-state index is 0.00848. The summed E-state index contributed by atoms with van der Waals surface area (Å²) in [5.74, 6) is 0.565. The third-order valence-corrected chi connectivity index (χ3v) is 4.60. The van der Waals surface area contributed by atoms with Gasteiger partial charge in [-0.1, -0.05) is 39.3 Å². The lowest BCUT2D eigenvalue weighted by atomic mass is 10.1. The van der Waals surface area contributed by atoms with Crippen LogP contribution in [0.25, 0.3) is 11.3 Å². The minimum Gasteiger partial charge on any atom is -0.473 e. The Morgan fingerprint density at radius 1 is 0.963 bits per heavy atom. The van der Waals surface area contributed by atoms with Crippen LogP contribution in [0.3, 0.4) is 0 Å². The maximum absolute atomic E-state index is 12.4. The van der Waals surface area contributed by atoms with Crippen LogP contribution < -0.4 is 9.47 Å². The summed E-state index contributed by atoms with van der Waals surface area (Å²) in [6.45, 7) is 5.21. The van der Waals surface area contributed by atoms with E-state index in [2.05, 4.69) is 18.6 Å². The molecule has 1 heterocycles. The smallest absolute Gasteiger partial charge is 0.387 e. The molecule has 0 unspecified atom stereocenters. The first-order valence-electron chi connectivity index (χ1n) is 9.24. The molecule has 4 nitrogen and oxygen atoms in total. The minimum atomic E-state index is -2.90. The van der Waals surface area contributed by atoms with E-state index in [1.165, 1.54) is 12.1 Å². The van der Waals surface area contributed by atoms with Gasteiger partial charge in [-0.25, -0.2) is 9.97 Å². The number of hydrogen-bond acceptors (Lipinski definition) is 4. The van der Waals surface area contributed by atoms with Gasteiger partial charge in [0.25, 0.3) is 0 Å². The summed E-state index contributed by atoms with van der Waals surface area (Å²) < 4.78 is 35.2. The van der Waals surface area contributed by atoms with Crippen LogP contribution >= 0.6 is 11.6 Å². The Kier molecular flexibility index (Phi) is 7.78. The van der Waals surface area contributed by atoms with E-state index in [0.717, 1.165) is 24.2 Å². The molecule has 7 heteroatoms. The summed E-state index contributed by atoms with van der Waals surface area (Å²) in [5.41, 5.74) is 2.77.